The highest BCUT2D eigenvalue weighted by Crippen LogP contribution is 2.19. The van der Waals surface area contributed by atoms with E-state index < -0.39 is 6.10 Å². The quantitative estimate of drug-likeness (QED) is 0.840. The molecule has 0 bridgehead atoms. The monoisotopic (exact) mass is 252 g/mol. The lowest BCUT2D eigenvalue weighted by molar-refractivity contribution is -0.0131. The van der Waals surface area contributed by atoms with Gasteiger partial charge in [0.2, 0.25) is 0 Å². The minimum absolute atomic E-state index is 0.127. The van der Waals surface area contributed by atoms with Crippen LogP contribution >= 0.6 is 0 Å². The van der Waals surface area contributed by atoms with Crippen LogP contribution in [0.2, 0.25) is 0 Å². The zero-order valence-electron chi connectivity index (χ0n) is 10.7. The number of aliphatic hydroxyl groups is 1. The third kappa shape index (κ3) is 3.70. The van der Waals surface area contributed by atoms with Crippen LogP contribution in [0.5, 0.6) is 5.75 Å². The minimum Gasteiger partial charge on any atom is -0.494 e. The molecular weight excluding hydrogens is 232 g/mol. The van der Waals surface area contributed by atoms with Crippen molar-refractivity contribution in [1.29, 1.82) is 0 Å². The number of benzene rings is 1. The van der Waals surface area contributed by atoms with Gasteiger partial charge in [-0.05, 0) is 31.0 Å². The van der Waals surface area contributed by atoms with Gasteiger partial charge in [0.05, 0.1) is 25.9 Å². The van der Waals surface area contributed by atoms with Gasteiger partial charge in [0.25, 0.3) is 0 Å². The summed E-state index contributed by atoms with van der Waals surface area (Å²) in [6, 6.07) is 7.45. The molecule has 0 aromatic heterocycles. The van der Waals surface area contributed by atoms with E-state index in [1.807, 2.05) is 31.2 Å². The standard InChI is InChI=1S/C14H20O4/c1-2-17-12-5-3-11(4-6-12)14(15)10-18-13-7-8-16-9-13/h3-6,13-15H,2,7-10H2,1H3. The van der Waals surface area contributed by atoms with Crippen molar-refractivity contribution in [2.24, 2.45) is 0 Å². The number of hydrogen-bond acceptors (Lipinski definition) is 4. The molecule has 100 valence electrons. The second-order valence-electron chi connectivity index (χ2n) is 4.34. The summed E-state index contributed by atoms with van der Waals surface area (Å²) in [6.45, 7) is 4.29. The SMILES string of the molecule is CCOc1ccc(C(O)COC2CCOC2)cc1. The van der Waals surface area contributed by atoms with Crippen molar-refractivity contribution >= 4 is 0 Å². The normalized spacial score (nSPS) is 20.9. The lowest BCUT2D eigenvalue weighted by Crippen LogP contribution is -2.17. The third-order valence-electron chi connectivity index (χ3n) is 2.95. The molecule has 0 aliphatic carbocycles. The zero-order valence-corrected chi connectivity index (χ0v) is 10.7. The molecule has 1 aliphatic rings. The fraction of sp³-hybridized carbons (Fsp3) is 0.571. The average molecular weight is 252 g/mol. The van der Waals surface area contributed by atoms with Gasteiger partial charge in [-0.15, -0.1) is 0 Å². The molecule has 18 heavy (non-hydrogen) atoms. The Kier molecular flexibility index (Phi) is 4.99. The number of aliphatic hydroxyl groups excluding tert-OH is 1. The molecule has 1 saturated heterocycles. The van der Waals surface area contributed by atoms with Gasteiger partial charge < -0.3 is 19.3 Å². The summed E-state index contributed by atoms with van der Waals surface area (Å²) >= 11 is 0. The molecule has 4 heteroatoms. The molecule has 1 aromatic rings. The van der Waals surface area contributed by atoms with Gasteiger partial charge in [-0.25, -0.2) is 0 Å². The summed E-state index contributed by atoms with van der Waals surface area (Å²) in [4.78, 5) is 0. The van der Waals surface area contributed by atoms with Crippen molar-refractivity contribution in [3.05, 3.63) is 29.8 Å². The van der Waals surface area contributed by atoms with Crippen LogP contribution < -0.4 is 4.74 Å². The largest absolute Gasteiger partial charge is 0.494 e. The van der Waals surface area contributed by atoms with Crippen LogP contribution in [0.1, 0.15) is 25.0 Å². The van der Waals surface area contributed by atoms with Crippen LogP contribution in [0, 0.1) is 0 Å². The first-order chi connectivity index (χ1) is 8.79. The summed E-state index contributed by atoms with van der Waals surface area (Å²) in [5.74, 6) is 0.818. The summed E-state index contributed by atoms with van der Waals surface area (Å²) in [6.07, 6.45) is 0.444. The molecule has 0 amide bonds. The van der Waals surface area contributed by atoms with Crippen LogP contribution in [-0.4, -0.2) is 37.6 Å². The third-order valence-corrected chi connectivity index (χ3v) is 2.95. The highest BCUT2D eigenvalue weighted by Gasteiger charge is 2.18. The highest BCUT2D eigenvalue weighted by atomic mass is 16.5. The second kappa shape index (κ2) is 6.73. The van der Waals surface area contributed by atoms with Crippen molar-refractivity contribution in [3.8, 4) is 5.75 Å². The first-order valence-electron chi connectivity index (χ1n) is 6.39. The number of ether oxygens (including phenoxy) is 3. The molecule has 0 spiro atoms. The van der Waals surface area contributed by atoms with Crippen molar-refractivity contribution in [2.45, 2.75) is 25.6 Å². The number of rotatable bonds is 6. The highest BCUT2D eigenvalue weighted by molar-refractivity contribution is 5.28. The minimum atomic E-state index is -0.596. The van der Waals surface area contributed by atoms with Crippen molar-refractivity contribution in [3.63, 3.8) is 0 Å². The molecule has 4 nitrogen and oxygen atoms in total. The zero-order chi connectivity index (χ0) is 12.8. The van der Waals surface area contributed by atoms with E-state index in [0.717, 1.165) is 24.3 Å². The fourth-order valence-corrected chi connectivity index (χ4v) is 1.92. The van der Waals surface area contributed by atoms with Crippen molar-refractivity contribution in [2.75, 3.05) is 26.4 Å². The predicted octanol–water partition coefficient (Wildman–Crippen LogP) is 1.92. The van der Waals surface area contributed by atoms with E-state index in [4.69, 9.17) is 14.2 Å². The Bertz CT molecular complexity index is 343. The molecule has 2 atom stereocenters. The molecular formula is C14H20O4. The van der Waals surface area contributed by atoms with Crippen molar-refractivity contribution < 1.29 is 19.3 Å². The maximum Gasteiger partial charge on any atom is 0.119 e. The Morgan fingerprint density at radius 1 is 1.39 bits per heavy atom. The van der Waals surface area contributed by atoms with E-state index in [1.165, 1.54) is 0 Å². The topological polar surface area (TPSA) is 47.9 Å². The van der Waals surface area contributed by atoms with Gasteiger partial charge in [0, 0.05) is 6.61 Å². The first-order valence-corrected chi connectivity index (χ1v) is 6.39. The Morgan fingerprint density at radius 3 is 2.78 bits per heavy atom. The Balaban J connectivity index is 1.81. The summed E-state index contributed by atoms with van der Waals surface area (Å²) in [5.41, 5.74) is 0.845. The molecule has 1 aliphatic heterocycles. The molecule has 1 heterocycles. The molecule has 1 aromatic carbocycles. The van der Waals surface area contributed by atoms with E-state index >= 15 is 0 Å². The Labute approximate surface area is 107 Å². The van der Waals surface area contributed by atoms with E-state index in [1.54, 1.807) is 0 Å². The van der Waals surface area contributed by atoms with Crippen LogP contribution in [-0.2, 0) is 9.47 Å². The van der Waals surface area contributed by atoms with Gasteiger partial charge >= 0.3 is 0 Å². The second-order valence-corrected chi connectivity index (χ2v) is 4.34. The molecule has 1 N–H and O–H groups in total. The lowest BCUT2D eigenvalue weighted by atomic mass is 10.1. The van der Waals surface area contributed by atoms with Crippen LogP contribution in [0.4, 0.5) is 0 Å². The van der Waals surface area contributed by atoms with E-state index in [2.05, 4.69) is 0 Å². The van der Waals surface area contributed by atoms with Crippen LogP contribution in [0.15, 0.2) is 24.3 Å². The molecule has 1 fully saturated rings. The maximum absolute atomic E-state index is 10.00. The van der Waals surface area contributed by atoms with E-state index in [9.17, 15) is 5.11 Å². The lowest BCUT2D eigenvalue weighted by Gasteiger charge is -2.15. The smallest absolute Gasteiger partial charge is 0.119 e. The molecule has 0 radical (unpaired) electrons. The van der Waals surface area contributed by atoms with Gasteiger partial charge in [-0.2, -0.15) is 0 Å². The molecule has 2 unspecified atom stereocenters. The maximum atomic E-state index is 10.00. The van der Waals surface area contributed by atoms with Crippen LogP contribution in [0.25, 0.3) is 0 Å². The van der Waals surface area contributed by atoms with E-state index in [-0.39, 0.29) is 6.10 Å². The Morgan fingerprint density at radius 2 is 2.17 bits per heavy atom. The van der Waals surface area contributed by atoms with Gasteiger partial charge in [-0.3, -0.25) is 0 Å². The predicted molar refractivity (Wildman–Crippen MR) is 67.7 cm³/mol. The fourth-order valence-electron chi connectivity index (χ4n) is 1.92. The number of hydrogen-bond donors (Lipinski definition) is 1. The molecule has 2 rings (SSSR count). The van der Waals surface area contributed by atoms with E-state index in [0.29, 0.717) is 19.8 Å². The molecule has 0 saturated carbocycles. The van der Waals surface area contributed by atoms with Crippen LogP contribution in [0.3, 0.4) is 0 Å². The summed E-state index contributed by atoms with van der Waals surface area (Å²) < 4.78 is 16.2. The van der Waals surface area contributed by atoms with Gasteiger partial charge in [-0.1, -0.05) is 12.1 Å². The summed E-state index contributed by atoms with van der Waals surface area (Å²) in [7, 11) is 0. The average Bonchev–Trinajstić information content (AvgIpc) is 2.90. The first kappa shape index (κ1) is 13.3. The van der Waals surface area contributed by atoms with Gasteiger partial charge in [0.1, 0.15) is 11.9 Å². The summed E-state index contributed by atoms with van der Waals surface area (Å²) in [5, 5.41) is 10.00. The van der Waals surface area contributed by atoms with Gasteiger partial charge in [0.15, 0.2) is 0 Å². The van der Waals surface area contributed by atoms with Crippen molar-refractivity contribution in [1.82, 2.24) is 0 Å². The Hall–Kier alpha value is -1.10.